The van der Waals surface area contributed by atoms with E-state index in [4.69, 9.17) is 11.6 Å². The van der Waals surface area contributed by atoms with Gasteiger partial charge in [-0.15, -0.1) is 0 Å². The molecule has 0 aliphatic heterocycles. The molecule has 3 rings (SSSR count). The molecule has 0 bridgehead atoms. The normalized spacial score (nSPS) is 11.8. The maximum Gasteiger partial charge on any atom is 0.433 e. The Labute approximate surface area is 194 Å². The number of benzene rings is 2. The Morgan fingerprint density at radius 2 is 1.61 bits per heavy atom. The Balaban J connectivity index is 1.81. The van der Waals surface area contributed by atoms with Crippen LogP contribution in [0.15, 0.2) is 66.9 Å². The van der Waals surface area contributed by atoms with Crippen molar-refractivity contribution in [3.05, 3.63) is 88.7 Å². The minimum atomic E-state index is -4.55. The Morgan fingerprint density at radius 1 is 0.970 bits per heavy atom. The first kappa shape index (κ1) is 24.5. The van der Waals surface area contributed by atoms with Gasteiger partial charge in [-0.1, -0.05) is 35.9 Å². The maximum atomic E-state index is 12.7. The van der Waals surface area contributed by atoms with E-state index >= 15 is 0 Å². The molecule has 1 amide bonds. The molecule has 0 fully saturated rings. The van der Waals surface area contributed by atoms with Crippen LogP contribution in [0.5, 0.6) is 0 Å². The molecule has 2 aromatic carbocycles. The van der Waals surface area contributed by atoms with Crippen molar-refractivity contribution in [2.45, 2.75) is 19.3 Å². The van der Waals surface area contributed by atoms with E-state index in [2.05, 4.69) is 4.98 Å². The van der Waals surface area contributed by atoms with Crippen molar-refractivity contribution in [2.24, 2.45) is 0 Å². The van der Waals surface area contributed by atoms with E-state index in [0.29, 0.717) is 33.9 Å². The molecule has 0 unspecified atom stereocenters. The predicted molar refractivity (Wildman–Crippen MR) is 120 cm³/mol. The summed E-state index contributed by atoms with van der Waals surface area (Å²) < 4.78 is 64.0. The van der Waals surface area contributed by atoms with Gasteiger partial charge in [-0.3, -0.25) is 14.1 Å². The van der Waals surface area contributed by atoms with Gasteiger partial charge in [0.05, 0.1) is 25.0 Å². The zero-order chi connectivity index (χ0) is 24.2. The number of hydrogen-bond donors (Lipinski definition) is 0. The van der Waals surface area contributed by atoms with E-state index in [1.54, 1.807) is 36.4 Å². The fourth-order valence-corrected chi connectivity index (χ4v) is 4.14. The summed E-state index contributed by atoms with van der Waals surface area (Å²) in [4.78, 5) is 16.3. The third kappa shape index (κ3) is 6.23. The van der Waals surface area contributed by atoms with Crippen molar-refractivity contribution in [1.82, 2.24) is 4.98 Å². The first-order chi connectivity index (χ1) is 15.5. The second kappa shape index (κ2) is 9.80. The lowest BCUT2D eigenvalue weighted by molar-refractivity contribution is -0.141. The Hall–Kier alpha value is -3.11. The smallest absolute Gasteiger partial charge is 0.311 e. The van der Waals surface area contributed by atoms with Crippen LogP contribution in [0.4, 0.5) is 24.5 Å². The molecule has 0 atom stereocenters. The van der Waals surface area contributed by atoms with Crippen LogP contribution in [0.25, 0.3) is 0 Å². The third-order valence-electron chi connectivity index (χ3n) is 4.74. The molecule has 174 valence electrons. The first-order valence-corrected chi connectivity index (χ1v) is 11.8. The number of halogens is 4. The van der Waals surface area contributed by atoms with Crippen LogP contribution in [0.3, 0.4) is 0 Å². The van der Waals surface area contributed by atoms with Crippen LogP contribution < -0.4 is 9.21 Å². The van der Waals surface area contributed by atoms with Gasteiger partial charge in [-0.2, -0.15) is 13.2 Å². The minimum Gasteiger partial charge on any atom is -0.311 e. The molecule has 33 heavy (non-hydrogen) atoms. The number of pyridine rings is 1. The number of carbonyl (C=O) groups excluding carboxylic acids is 1. The number of sulfonamides is 1. The minimum absolute atomic E-state index is 0.0105. The summed E-state index contributed by atoms with van der Waals surface area (Å²) >= 11 is 6.17. The SMILES string of the molecule is CS(=O)(=O)N(Cc1ccccc1Cl)c1ccc(N(C=O)Cc2ccc(C(F)(F)F)nc2)cc1. The van der Waals surface area contributed by atoms with Gasteiger partial charge in [-0.25, -0.2) is 8.42 Å². The van der Waals surface area contributed by atoms with Gasteiger partial charge >= 0.3 is 6.18 Å². The average molecular weight is 498 g/mol. The van der Waals surface area contributed by atoms with Crippen LogP contribution in [-0.2, 0) is 34.1 Å². The Kier molecular flexibility index (Phi) is 7.28. The second-order valence-electron chi connectivity index (χ2n) is 7.16. The predicted octanol–water partition coefficient (Wildman–Crippen LogP) is 4.88. The molecule has 6 nitrogen and oxygen atoms in total. The lowest BCUT2D eigenvalue weighted by atomic mass is 10.2. The van der Waals surface area contributed by atoms with Gasteiger partial charge in [0.2, 0.25) is 16.4 Å². The number of hydrogen-bond acceptors (Lipinski definition) is 4. The molecule has 0 aliphatic carbocycles. The molecule has 1 heterocycles. The number of amides is 1. The van der Waals surface area contributed by atoms with E-state index < -0.39 is 21.9 Å². The first-order valence-electron chi connectivity index (χ1n) is 9.54. The number of alkyl halides is 3. The zero-order valence-corrected chi connectivity index (χ0v) is 18.9. The Morgan fingerprint density at radius 3 is 2.12 bits per heavy atom. The molecule has 0 saturated carbocycles. The topological polar surface area (TPSA) is 70.6 Å². The molecule has 0 radical (unpaired) electrons. The molecular formula is C22H19ClF3N3O3S. The summed E-state index contributed by atoms with van der Waals surface area (Å²) in [6.45, 7) is 0.00979. The standard InChI is InChI=1S/C22H19ClF3N3O3S/c1-33(31,32)29(14-17-4-2-3-5-20(17)23)19-9-7-18(8-10-19)28(15-30)13-16-6-11-21(27-12-16)22(24,25)26/h2-12,15H,13-14H2,1H3. The lowest BCUT2D eigenvalue weighted by Gasteiger charge is -2.24. The highest BCUT2D eigenvalue weighted by Gasteiger charge is 2.32. The van der Waals surface area contributed by atoms with Crippen molar-refractivity contribution in [2.75, 3.05) is 15.5 Å². The second-order valence-corrected chi connectivity index (χ2v) is 9.47. The molecular weight excluding hydrogens is 479 g/mol. The summed E-state index contributed by atoms with van der Waals surface area (Å²) in [6, 6.07) is 15.1. The van der Waals surface area contributed by atoms with Gasteiger partial charge < -0.3 is 4.90 Å². The van der Waals surface area contributed by atoms with Crippen molar-refractivity contribution in [3.8, 4) is 0 Å². The van der Waals surface area contributed by atoms with Crippen molar-refractivity contribution in [3.63, 3.8) is 0 Å². The molecule has 0 N–H and O–H groups in total. The van der Waals surface area contributed by atoms with Crippen molar-refractivity contribution >= 4 is 39.4 Å². The fourth-order valence-electron chi connectivity index (χ4n) is 3.06. The van der Waals surface area contributed by atoms with Crippen LogP contribution in [0.2, 0.25) is 5.02 Å². The summed E-state index contributed by atoms with van der Waals surface area (Å²) in [5.41, 5.74) is 0.796. The van der Waals surface area contributed by atoms with E-state index in [1.807, 2.05) is 0 Å². The monoisotopic (exact) mass is 497 g/mol. The summed E-state index contributed by atoms with van der Waals surface area (Å²) in [7, 11) is -3.64. The molecule has 1 aromatic heterocycles. The molecule has 0 aliphatic rings. The molecule has 0 saturated heterocycles. The van der Waals surface area contributed by atoms with E-state index in [9.17, 15) is 26.4 Å². The molecule has 11 heteroatoms. The molecule has 0 spiro atoms. The van der Waals surface area contributed by atoms with Crippen molar-refractivity contribution in [1.29, 1.82) is 0 Å². The van der Waals surface area contributed by atoms with Gasteiger partial charge in [0, 0.05) is 16.9 Å². The number of aromatic nitrogens is 1. The van der Waals surface area contributed by atoms with Gasteiger partial charge in [0.15, 0.2) is 0 Å². The van der Waals surface area contributed by atoms with Crippen LogP contribution in [-0.4, -0.2) is 26.1 Å². The summed E-state index contributed by atoms with van der Waals surface area (Å²) in [5.74, 6) is 0. The zero-order valence-electron chi connectivity index (χ0n) is 17.3. The van der Waals surface area contributed by atoms with Gasteiger partial charge in [-0.05, 0) is 47.5 Å². The summed E-state index contributed by atoms with van der Waals surface area (Å²) in [6.07, 6.45) is -1.88. The van der Waals surface area contributed by atoms with Crippen LogP contribution in [0.1, 0.15) is 16.8 Å². The third-order valence-corrected chi connectivity index (χ3v) is 6.25. The molecule has 3 aromatic rings. The largest absolute Gasteiger partial charge is 0.433 e. The van der Waals surface area contributed by atoms with Crippen molar-refractivity contribution < 1.29 is 26.4 Å². The van der Waals surface area contributed by atoms with Crippen LogP contribution >= 0.6 is 11.6 Å². The number of nitrogens with zero attached hydrogens (tertiary/aromatic N) is 3. The van der Waals surface area contributed by atoms with E-state index in [0.717, 1.165) is 18.5 Å². The lowest BCUT2D eigenvalue weighted by Crippen LogP contribution is -2.29. The summed E-state index contributed by atoms with van der Waals surface area (Å²) in [5, 5.41) is 0.431. The number of carbonyl (C=O) groups is 1. The highest BCUT2D eigenvalue weighted by Crippen LogP contribution is 2.29. The number of rotatable bonds is 8. The highest BCUT2D eigenvalue weighted by atomic mass is 35.5. The Bertz CT molecular complexity index is 1220. The van der Waals surface area contributed by atoms with Gasteiger partial charge in [0.25, 0.3) is 0 Å². The highest BCUT2D eigenvalue weighted by molar-refractivity contribution is 7.92. The quantitative estimate of drug-likeness (QED) is 0.416. The van der Waals surface area contributed by atoms with Gasteiger partial charge in [0.1, 0.15) is 5.69 Å². The number of anilines is 2. The maximum absolute atomic E-state index is 12.7. The van der Waals surface area contributed by atoms with E-state index in [1.165, 1.54) is 27.4 Å². The fraction of sp³-hybridized carbons (Fsp3) is 0.182. The average Bonchev–Trinajstić information content (AvgIpc) is 2.76. The van der Waals surface area contributed by atoms with Crippen LogP contribution in [0, 0.1) is 0 Å². The van der Waals surface area contributed by atoms with E-state index in [-0.39, 0.29) is 13.1 Å².